The first-order chi connectivity index (χ1) is 9.81. The van der Waals surface area contributed by atoms with Crippen LogP contribution in [0.4, 0.5) is 0 Å². The summed E-state index contributed by atoms with van der Waals surface area (Å²) in [5.41, 5.74) is -0.180. The van der Waals surface area contributed by atoms with E-state index in [0.717, 1.165) is 0 Å². The third-order valence-corrected chi connectivity index (χ3v) is 3.12. The van der Waals surface area contributed by atoms with Gasteiger partial charge in [-0.25, -0.2) is 4.98 Å². The van der Waals surface area contributed by atoms with E-state index < -0.39 is 0 Å². The molecule has 21 heavy (non-hydrogen) atoms. The van der Waals surface area contributed by atoms with Gasteiger partial charge in [-0.05, 0) is 6.92 Å². The molecule has 1 atom stereocenters. The second kappa shape index (κ2) is 7.51. The van der Waals surface area contributed by atoms with Gasteiger partial charge in [-0.2, -0.15) is 0 Å². The number of hydrogen-bond donors (Lipinski definition) is 1. The fraction of sp³-hybridized carbons (Fsp3) is 0.786. The van der Waals surface area contributed by atoms with Crippen molar-refractivity contribution in [3.05, 3.63) is 11.6 Å². The molecule has 0 fully saturated rings. The molecule has 0 saturated carbocycles. The van der Waals surface area contributed by atoms with Crippen LogP contribution >= 0.6 is 0 Å². The Morgan fingerprint density at radius 3 is 2.48 bits per heavy atom. The molecule has 1 amide bonds. The highest BCUT2D eigenvalue weighted by molar-refractivity contribution is 5.90. The Kier molecular flexibility index (Phi) is 6.29. The Morgan fingerprint density at radius 2 is 2.00 bits per heavy atom. The Balaban J connectivity index is 2.91. The lowest BCUT2D eigenvalue weighted by Gasteiger charge is -2.27. The van der Waals surface area contributed by atoms with Gasteiger partial charge in [0.05, 0.1) is 19.3 Å². The molecule has 0 saturated heterocycles. The molecule has 1 N–H and O–H groups in total. The lowest BCUT2D eigenvalue weighted by atomic mass is 9.96. The van der Waals surface area contributed by atoms with Gasteiger partial charge < -0.3 is 14.4 Å². The lowest BCUT2D eigenvalue weighted by Crippen LogP contribution is -2.43. The molecular weight excluding hydrogens is 272 g/mol. The van der Waals surface area contributed by atoms with Crippen molar-refractivity contribution in [2.45, 2.75) is 39.2 Å². The number of aromatic amines is 1. The topological polar surface area (TPSA) is 80.3 Å². The Morgan fingerprint density at radius 1 is 1.33 bits per heavy atom. The summed E-state index contributed by atoms with van der Waals surface area (Å²) in [6, 6.07) is -0.0748. The maximum absolute atomic E-state index is 12.6. The minimum absolute atomic E-state index is 0.0748. The van der Waals surface area contributed by atoms with Gasteiger partial charge in [0, 0.05) is 26.2 Å². The van der Waals surface area contributed by atoms with E-state index >= 15 is 0 Å². The zero-order chi connectivity index (χ0) is 16.0. The molecule has 0 aromatic carbocycles. The van der Waals surface area contributed by atoms with Crippen LogP contribution in [-0.2, 0) is 14.9 Å². The monoisotopic (exact) mass is 298 g/mol. The SMILES string of the molecule is COCCN(C(=O)c1n[nH]c(C(C)(C)C)n1)C(C)COC. The second-order valence-corrected chi connectivity index (χ2v) is 6.05. The first kappa shape index (κ1) is 17.6. The van der Waals surface area contributed by atoms with Crippen LogP contribution in [0.2, 0.25) is 0 Å². The first-order valence-corrected chi connectivity index (χ1v) is 7.03. The average molecular weight is 298 g/mol. The molecule has 0 radical (unpaired) electrons. The summed E-state index contributed by atoms with van der Waals surface area (Å²) in [6.45, 7) is 9.34. The summed E-state index contributed by atoms with van der Waals surface area (Å²) in [6.07, 6.45) is 0. The van der Waals surface area contributed by atoms with Gasteiger partial charge in [0.25, 0.3) is 5.91 Å². The zero-order valence-electron chi connectivity index (χ0n) is 13.8. The highest BCUT2D eigenvalue weighted by Gasteiger charge is 2.27. The standard InChI is InChI=1S/C14H26N4O3/c1-10(9-21-6)18(7-8-20-5)12(19)11-15-13(17-16-11)14(2,3)4/h10H,7-9H2,1-6H3,(H,15,16,17). The molecule has 120 valence electrons. The van der Waals surface area contributed by atoms with Gasteiger partial charge >= 0.3 is 0 Å². The molecule has 0 aliphatic carbocycles. The van der Waals surface area contributed by atoms with Crippen molar-refractivity contribution >= 4 is 5.91 Å². The van der Waals surface area contributed by atoms with Crippen molar-refractivity contribution in [3.63, 3.8) is 0 Å². The number of rotatable bonds is 7. The largest absolute Gasteiger partial charge is 0.383 e. The number of nitrogens with zero attached hydrogens (tertiary/aromatic N) is 3. The number of hydrogen-bond acceptors (Lipinski definition) is 5. The van der Waals surface area contributed by atoms with E-state index in [2.05, 4.69) is 15.2 Å². The van der Waals surface area contributed by atoms with E-state index in [1.807, 2.05) is 27.7 Å². The van der Waals surface area contributed by atoms with E-state index in [1.165, 1.54) is 0 Å². The van der Waals surface area contributed by atoms with Crippen molar-refractivity contribution in [3.8, 4) is 0 Å². The van der Waals surface area contributed by atoms with E-state index in [9.17, 15) is 4.79 Å². The number of H-pyrrole nitrogens is 1. The van der Waals surface area contributed by atoms with Crippen LogP contribution in [0, 0.1) is 0 Å². The van der Waals surface area contributed by atoms with Gasteiger partial charge in [-0.3, -0.25) is 9.89 Å². The summed E-state index contributed by atoms with van der Waals surface area (Å²) >= 11 is 0. The highest BCUT2D eigenvalue weighted by Crippen LogP contribution is 2.18. The van der Waals surface area contributed by atoms with Crippen LogP contribution < -0.4 is 0 Å². The molecule has 1 unspecified atom stereocenters. The molecule has 1 heterocycles. The van der Waals surface area contributed by atoms with E-state index in [4.69, 9.17) is 9.47 Å². The molecule has 7 nitrogen and oxygen atoms in total. The summed E-state index contributed by atoms with van der Waals surface area (Å²) in [5.74, 6) is 0.652. The Bertz CT molecular complexity index is 453. The molecule has 0 aliphatic heterocycles. The number of aromatic nitrogens is 3. The number of amides is 1. The molecule has 1 aromatic rings. The molecule has 1 aromatic heterocycles. The fourth-order valence-electron chi connectivity index (χ4n) is 1.86. The molecule has 0 aliphatic rings. The number of ether oxygens (including phenoxy) is 2. The van der Waals surface area contributed by atoms with Crippen LogP contribution in [0.5, 0.6) is 0 Å². The number of methoxy groups -OCH3 is 2. The van der Waals surface area contributed by atoms with Crippen molar-refractivity contribution in [2.75, 3.05) is 34.0 Å². The minimum atomic E-state index is -0.219. The Hall–Kier alpha value is -1.47. The van der Waals surface area contributed by atoms with Crippen LogP contribution in [0.25, 0.3) is 0 Å². The van der Waals surface area contributed by atoms with E-state index in [-0.39, 0.29) is 23.2 Å². The summed E-state index contributed by atoms with van der Waals surface area (Å²) in [7, 11) is 3.22. The van der Waals surface area contributed by atoms with Gasteiger partial charge in [-0.1, -0.05) is 20.8 Å². The quantitative estimate of drug-likeness (QED) is 0.819. The summed E-state index contributed by atoms with van der Waals surface area (Å²) in [5, 5.41) is 6.88. The van der Waals surface area contributed by atoms with Gasteiger partial charge in [0.2, 0.25) is 5.82 Å². The second-order valence-electron chi connectivity index (χ2n) is 6.05. The minimum Gasteiger partial charge on any atom is -0.383 e. The molecule has 0 bridgehead atoms. The summed E-state index contributed by atoms with van der Waals surface area (Å²) in [4.78, 5) is 18.6. The molecular formula is C14H26N4O3. The Labute approximate surface area is 126 Å². The number of carbonyl (C=O) groups is 1. The van der Waals surface area contributed by atoms with Crippen LogP contribution in [-0.4, -0.2) is 66.0 Å². The maximum atomic E-state index is 12.6. The van der Waals surface area contributed by atoms with E-state index in [0.29, 0.717) is 25.6 Å². The number of carbonyl (C=O) groups excluding carboxylic acids is 1. The van der Waals surface area contributed by atoms with Gasteiger partial charge in [0.1, 0.15) is 5.82 Å². The predicted octanol–water partition coefficient (Wildman–Crippen LogP) is 1.23. The van der Waals surface area contributed by atoms with Crippen molar-refractivity contribution in [2.24, 2.45) is 0 Å². The maximum Gasteiger partial charge on any atom is 0.293 e. The number of nitrogens with one attached hydrogen (secondary N) is 1. The normalized spacial score (nSPS) is 13.2. The van der Waals surface area contributed by atoms with E-state index in [1.54, 1.807) is 19.1 Å². The van der Waals surface area contributed by atoms with Gasteiger partial charge in [0.15, 0.2) is 0 Å². The van der Waals surface area contributed by atoms with Crippen LogP contribution in [0.1, 0.15) is 44.1 Å². The smallest absolute Gasteiger partial charge is 0.293 e. The third kappa shape index (κ3) is 4.78. The van der Waals surface area contributed by atoms with Crippen molar-refractivity contribution in [1.29, 1.82) is 0 Å². The first-order valence-electron chi connectivity index (χ1n) is 7.03. The van der Waals surface area contributed by atoms with Gasteiger partial charge in [-0.15, -0.1) is 5.10 Å². The third-order valence-electron chi connectivity index (χ3n) is 3.12. The highest BCUT2D eigenvalue weighted by atomic mass is 16.5. The zero-order valence-corrected chi connectivity index (χ0v) is 13.8. The molecule has 0 spiro atoms. The average Bonchev–Trinajstić information content (AvgIpc) is 2.88. The predicted molar refractivity (Wildman–Crippen MR) is 79.3 cm³/mol. The van der Waals surface area contributed by atoms with Crippen LogP contribution in [0.15, 0.2) is 0 Å². The summed E-state index contributed by atoms with van der Waals surface area (Å²) < 4.78 is 10.2. The molecule has 1 rings (SSSR count). The van der Waals surface area contributed by atoms with Crippen molar-refractivity contribution in [1.82, 2.24) is 20.1 Å². The molecule has 7 heteroatoms. The lowest BCUT2D eigenvalue weighted by molar-refractivity contribution is 0.0469. The van der Waals surface area contributed by atoms with Crippen molar-refractivity contribution < 1.29 is 14.3 Å². The fourth-order valence-corrected chi connectivity index (χ4v) is 1.86. The van der Waals surface area contributed by atoms with Crippen LogP contribution in [0.3, 0.4) is 0 Å².